The number of ether oxygens (including phenoxy) is 1. The first kappa shape index (κ1) is 22.9. The van der Waals surface area contributed by atoms with Crippen LogP contribution in [0.4, 0.5) is 0 Å². The van der Waals surface area contributed by atoms with E-state index in [1.165, 1.54) is 53.9 Å². The van der Waals surface area contributed by atoms with Crippen molar-refractivity contribution in [3.05, 3.63) is 83.4 Å². The summed E-state index contributed by atoms with van der Waals surface area (Å²) in [7, 11) is -1.72. The molecular formula is C29H39NOSi. The summed E-state index contributed by atoms with van der Waals surface area (Å²) < 4.78 is 6.30. The number of nitrogens with zero attached hydrogens (tertiary/aromatic N) is 1. The van der Waals surface area contributed by atoms with Crippen LogP contribution in [0.25, 0.3) is 5.70 Å². The summed E-state index contributed by atoms with van der Waals surface area (Å²) >= 11 is 0. The summed E-state index contributed by atoms with van der Waals surface area (Å²) in [5.41, 5.74) is 7.70. The Balaban J connectivity index is 1.71. The normalized spacial score (nSPS) is 18.5. The minimum atomic E-state index is -1.72. The van der Waals surface area contributed by atoms with E-state index in [9.17, 15) is 0 Å². The summed E-state index contributed by atoms with van der Waals surface area (Å²) in [6.07, 6.45) is 7.09. The summed E-state index contributed by atoms with van der Waals surface area (Å²) in [5, 5.41) is 0. The Bertz CT molecular complexity index is 1010. The van der Waals surface area contributed by atoms with Crippen LogP contribution in [0.3, 0.4) is 0 Å². The number of benzene rings is 2. The van der Waals surface area contributed by atoms with Crippen LogP contribution in [0.2, 0.25) is 13.1 Å². The van der Waals surface area contributed by atoms with Crippen molar-refractivity contribution in [2.24, 2.45) is 0 Å². The maximum atomic E-state index is 6.30. The Morgan fingerprint density at radius 1 is 1.06 bits per heavy atom. The average Bonchev–Trinajstić information content (AvgIpc) is 3.39. The van der Waals surface area contributed by atoms with Gasteiger partial charge in [-0.05, 0) is 46.5 Å². The highest BCUT2D eigenvalue weighted by molar-refractivity contribution is 6.79. The number of hydrogen-bond acceptors (Lipinski definition) is 2. The van der Waals surface area contributed by atoms with Crippen LogP contribution in [0.5, 0.6) is 5.75 Å². The molecule has 4 rings (SSSR count). The molecule has 32 heavy (non-hydrogen) atoms. The van der Waals surface area contributed by atoms with Gasteiger partial charge >= 0.3 is 0 Å². The molecule has 0 aromatic heterocycles. The van der Waals surface area contributed by atoms with Crippen LogP contribution in [-0.2, 0) is 11.5 Å². The fourth-order valence-corrected chi connectivity index (χ4v) is 8.63. The van der Waals surface area contributed by atoms with E-state index < -0.39 is 8.07 Å². The van der Waals surface area contributed by atoms with E-state index in [4.69, 9.17) is 4.74 Å². The molecule has 2 aromatic carbocycles. The van der Waals surface area contributed by atoms with Crippen LogP contribution in [0, 0.1) is 0 Å². The topological polar surface area (TPSA) is 12.5 Å². The largest absolute Gasteiger partial charge is 0.489 e. The smallest absolute Gasteiger partial charge is 0.126 e. The zero-order valence-electron chi connectivity index (χ0n) is 20.6. The zero-order valence-corrected chi connectivity index (χ0v) is 21.6. The second-order valence-electron chi connectivity index (χ2n) is 11.1. The van der Waals surface area contributed by atoms with Gasteiger partial charge in [-0.2, -0.15) is 0 Å². The van der Waals surface area contributed by atoms with Crippen molar-refractivity contribution in [1.29, 1.82) is 0 Å². The lowest BCUT2D eigenvalue weighted by Crippen LogP contribution is -2.37. The molecule has 1 heterocycles. The SMILES string of the molecule is C=CCOc1c(C[Si](C)(C)C2C=C(N3CCCC3)c3ccccc32)cccc1C(C)(C)C. The molecule has 1 aliphatic heterocycles. The summed E-state index contributed by atoms with van der Waals surface area (Å²) in [6, 6.07) is 17.0. The first-order chi connectivity index (χ1) is 15.2. The lowest BCUT2D eigenvalue weighted by molar-refractivity contribution is 0.348. The minimum absolute atomic E-state index is 0.0427. The van der Waals surface area contributed by atoms with Crippen LogP contribution < -0.4 is 4.74 Å². The quantitative estimate of drug-likeness (QED) is 0.332. The zero-order chi connectivity index (χ0) is 22.9. The molecule has 0 spiro atoms. The van der Waals surface area contributed by atoms with Gasteiger partial charge in [0.15, 0.2) is 0 Å². The number of para-hydroxylation sites is 1. The maximum absolute atomic E-state index is 6.30. The van der Waals surface area contributed by atoms with Crippen LogP contribution >= 0.6 is 0 Å². The van der Waals surface area contributed by atoms with E-state index >= 15 is 0 Å². The fourth-order valence-electron chi connectivity index (χ4n) is 5.45. The third-order valence-electron chi connectivity index (χ3n) is 7.08. The van der Waals surface area contributed by atoms with E-state index in [1.807, 2.05) is 6.08 Å². The van der Waals surface area contributed by atoms with Gasteiger partial charge in [-0.3, -0.25) is 0 Å². The maximum Gasteiger partial charge on any atom is 0.126 e. The van der Waals surface area contributed by atoms with Gasteiger partial charge < -0.3 is 9.64 Å². The Labute approximate surface area is 196 Å². The number of rotatable bonds is 7. The van der Waals surface area contributed by atoms with Gasteiger partial charge in [0.1, 0.15) is 12.4 Å². The van der Waals surface area contributed by atoms with E-state index in [-0.39, 0.29) is 5.41 Å². The molecule has 0 saturated carbocycles. The van der Waals surface area contributed by atoms with Gasteiger partial charge in [0, 0.05) is 24.4 Å². The van der Waals surface area contributed by atoms with Crippen molar-refractivity contribution in [2.45, 2.75) is 63.7 Å². The highest BCUT2D eigenvalue weighted by Gasteiger charge is 2.39. The fraction of sp³-hybridized carbons (Fsp3) is 0.448. The van der Waals surface area contributed by atoms with Gasteiger partial charge in [0.25, 0.3) is 0 Å². The minimum Gasteiger partial charge on any atom is -0.489 e. The predicted molar refractivity (Wildman–Crippen MR) is 140 cm³/mol. The molecule has 1 atom stereocenters. The van der Waals surface area contributed by atoms with E-state index in [0.717, 1.165) is 11.8 Å². The van der Waals surface area contributed by atoms with E-state index in [1.54, 1.807) is 0 Å². The van der Waals surface area contributed by atoms with E-state index in [2.05, 4.69) is 93.9 Å². The molecule has 1 unspecified atom stereocenters. The van der Waals surface area contributed by atoms with Crippen LogP contribution in [0.1, 0.15) is 61.4 Å². The highest BCUT2D eigenvalue weighted by atomic mass is 28.3. The molecule has 170 valence electrons. The van der Waals surface area contributed by atoms with Crippen molar-refractivity contribution in [3.63, 3.8) is 0 Å². The lowest BCUT2D eigenvalue weighted by atomic mass is 9.85. The van der Waals surface area contributed by atoms with Gasteiger partial charge in [0.2, 0.25) is 0 Å². The number of likely N-dealkylation sites (tertiary alicyclic amines) is 1. The van der Waals surface area contributed by atoms with Crippen LogP contribution in [-0.4, -0.2) is 32.7 Å². The molecule has 0 bridgehead atoms. The van der Waals surface area contributed by atoms with Gasteiger partial charge in [-0.15, -0.1) is 0 Å². The summed E-state index contributed by atoms with van der Waals surface area (Å²) in [4.78, 5) is 2.61. The second-order valence-corrected chi connectivity index (χ2v) is 16.1. The van der Waals surface area contributed by atoms with Crippen molar-refractivity contribution in [2.75, 3.05) is 19.7 Å². The van der Waals surface area contributed by atoms with E-state index in [0.29, 0.717) is 12.1 Å². The molecular weight excluding hydrogens is 406 g/mol. The first-order valence-corrected chi connectivity index (χ1v) is 15.4. The molecule has 0 N–H and O–H groups in total. The Kier molecular flexibility index (Phi) is 6.40. The Hall–Kier alpha value is -2.26. The highest BCUT2D eigenvalue weighted by Crippen LogP contribution is 2.45. The molecule has 0 amide bonds. The Morgan fingerprint density at radius 2 is 1.78 bits per heavy atom. The summed E-state index contributed by atoms with van der Waals surface area (Å²) in [5.74, 6) is 1.08. The monoisotopic (exact) mass is 445 g/mol. The molecule has 2 aromatic rings. The third-order valence-corrected chi connectivity index (χ3v) is 10.5. The molecule has 2 nitrogen and oxygen atoms in total. The summed E-state index contributed by atoms with van der Waals surface area (Å²) in [6.45, 7) is 18.7. The standard InChI is InChI=1S/C29H39NOSi/c1-7-19-31-28-22(13-12-16-25(28)29(2,3)4)21-32(5,6)27-20-26(30-17-10-11-18-30)23-14-8-9-15-24(23)27/h7-9,12-16,20,27H,1,10-11,17-19,21H2,2-6H3. The Morgan fingerprint density at radius 3 is 2.47 bits per heavy atom. The molecule has 1 aliphatic carbocycles. The predicted octanol–water partition coefficient (Wildman–Crippen LogP) is 7.11. The number of allylic oxidation sites excluding steroid dienone is 1. The average molecular weight is 446 g/mol. The van der Waals surface area contributed by atoms with Crippen molar-refractivity contribution < 1.29 is 4.74 Å². The van der Waals surface area contributed by atoms with Gasteiger partial charge in [-0.1, -0.05) is 95.1 Å². The number of fused-ring (bicyclic) bond motifs is 1. The molecule has 2 aliphatic rings. The molecule has 0 radical (unpaired) electrons. The molecule has 1 saturated heterocycles. The van der Waals surface area contributed by atoms with Gasteiger partial charge in [0.05, 0.1) is 8.07 Å². The van der Waals surface area contributed by atoms with Crippen LogP contribution in [0.15, 0.2) is 61.2 Å². The molecule has 3 heteroatoms. The van der Waals surface area contributed by atoms with Crippen molar-refractivity contribution in [3.8, 4) is 5.75 Å². The first-order valence-electron chi connectivity index (χ1n) is 12.1. The molecule has 1 fully saturated rings. The number of hydrogen-bond donors (Lipinski definition) is 0. The second kappa shape index (κ2) is 8.94. The third kappa shape index (κ3) is 4.45. The van der Waals surface area contributed by atoms with Crippen molar-refractivity contribution >= 4 is 13.8 Å². The lowest BCUT2D eigenvalue weighted by Gasteiger charge is -2.32. The van der Waals surface area contributed by atoms with Gasteiger partial charge in [-0.25, -0.2) is 0 Å². The van der Waals surface area contributed by atoms with Crippen molar-refractivity contribution in [1.82, 2.24) is 4.90 Å².